The second-order valence-electron chi connectivity index (χ2n) is 8.40. The van der Waals surface area contributed by atoms with Crippen molar-refractivity contribution in [1.82, 2.24) is 4.90 Å². The molecule has 3 N–H and O–H groups in total. The zero-order valence-electron chi connectivity index (χ0n) is 18.8. The Morgan fingerprint density at radius 3 is 2.42 bits per heavy atom. The molecule has 1 aliphatic carbocycles. The molecule has 0 aromatic heterocycles. The van der Waals surface area contributed by atoms with Crippen molar-refractivity contribution in [1.29, 1.82) is 0 Å². The molecule has 1 aliphatic heterocycles. The first kappa shape index (κ1) is 25.1. The number of β-amino-alcohol motifs (C(OH)–C–C–N with tert-alkyl or cyclic N) is 1. The fourth-order valence-corrected chi connectivity index (χ4v) is 4.12. The zero-order valence-corrected chi connectivity index (χ0v) is 19.5. The highest BCUT2D eigenvalue weighted by Gasteiger charge is 2.25. The molecule has 7 nitrogen and oxygen atoms in total. The molecule has 4 rings (SSSR count). The van der Waals surface area contributed by atoms with Crippen LogP contribution in [0, 0.1) is 0 Å². The van der Waals surface area contributed by atoms with Crippen molar-refractivity contribution in [2.24, 2.45) is 0 Å². The SMILES string of the molecule is C1CCCC1.O=C(O)Nc1ccccc1OCC(O)CN1CCC(Oc2ccc(Cl)cc2)C1. The van der Waals surface area contributed by atoms with E-state index in [0.717, 1.165) is 25.3 Å². The molecule has 8 heteroatoms. The number of rotatable bonds is 8. The van der Waals surface area contributed by atoms with Gasteiger partial charge in [-0.25, -0.2) is 4.79 Å². The first-order valence-electron chi connectivity index (χ1n) is 11.5. The number of benzene rings is 2. The molecule has 2 unspecified atom stereocenters. The van der Waals surface area contributed by atoms with Crippen LogP contribution in [0.5, 0.6) is 11.5 Å². The van der Waals surface area contributed by atoms with Crippen LogP contribution in [0.4, 0.5) is 10.5 Å². The number of likely N-dealkylation sites (tertiary alicyclic amines) is 1. The highest BCUT2D eigenvalue weighted by Crippen LogP contribution is 2.24. The quantitative estimate of drug-likeness (QED) is 0.480. The maximum Gasteiger partial charge on any atom is 0.409 e. The molecule has 1 amide bonds. The number of aliphatic hydroxyl groups excluding tert-OH is 1. The molecule has 1 saturated heterocycles. The zero-order chi connectivity index (χ0) is 23.5. The molecule has 2 aromatic rings. The molecule has 2 aromatic carbocycles. The Balaban J connectivity index is 0.000000541. The minimum atomic E-state index is -1.17. The van der Waals surface area contributed by atoms with E-state index < -0.39 is 12.2 Å². The number of anilines is 1. The van der Waals surface area contributed by atoms with Gasteiger partial charge in [0, 0.05) is 24.7 Å². The Kier molecular flexibility index (Phi) is 10.1. The molecular formula is C25H33ClN2O5. The minimum Gasteiger partial charge on any atom is -0.489 e. The summed E-state index contributed by atoms with van der Waals surface area (Å²) in [6.07, 6.45) is 6.57. The molecular weight excluding hydrogens is 444 g/mol. The van der Waals surface area contributed by atoms with Gasteiger partial charge in [0.25, 0.3) is 0 Å². The third-order valence-corrected chi connectivity index (χ3v) is 5.88. The number of hydrogen-bond donors (Lipinski definition) is 3. The predicted molar refractivity (Wildman–Crippen MR) is 130 cm³/mol. The third-order valence-electron chi connectivity index (χ3n) is 5.62. The average molecular weight is 477 g/mol. The number of carboxylic acid groups (broad SMARTS) is 1. The van der Waals surface area contributed by atoms with Gasteiger partial charge in [0.1, 0.15) is 30.3 Å². The van der Waals surface area contributed by atoms with Crippen molar-refractivity contribution >= 4 is 23.4 Å². The van der Waals surface area contributed by atoms with E-state index >= 15 is 0 Å². The lowest BCUT2D eigenvalue weighted by Crippen LogP contribution is -2.35. The lowest BCUT2D eigenvalue weighted by Gasteiger charge is -2.21. The van der Waals surface area contributed by atoms with E-state index in [0.29, 0.717) is 23.0 Å². The third kappa shape index (κ3) is 9.12. The van der Waals surface area contributed by atoms with Crippen molar-refractivity contribution in [3.63, 3.8) is 0 Å². The van der Waals surface area contributed by atoms with Gasteiger partial charge in [0.05, 0.1) is 5.69 Å². The molecule has 2 fully saturated rings. The lowest BCUT2D eigenvalue weighted by atomic mass is 10.3. The highest BCUT2D eigenvalue weighted by atomic mass is 35.5. The summed E-state index contributed by atoms with van der Waals surface area (Å²) in [5.41, 5.74) is 0.347. The summed E-state index contributed by atoms with van der Waals surface area (Å²) in [4.78, 5) is 12.9. The van der Waals surface area contributed by atoms with Gasteiger partial charge >= 0.3 is 6.09 Å². The maximum atomic E-state index is 10.8. The van der Waals surface area contributed by atoms with Crippen LogP contribution >= 0.6 is 11.6 Å². The van der Waals surface area contributed by atoms with Crippen LogP contribution in [0.15, 0.2) is 48.5 Å². The largest absolute Gasteiger partial charge is 0.489 e. The second-order valence-corrected chi connectivity index (χ2v) is 8.84. The van der Waals surface area contributed by atoms with Gasteiger partial charge in [-0.3, -0.25) is 10.2 Å². The molecule has 33 heavy (non-hydrogen) atoms. The first-order valence-corrected chi connectivity index (χ1v) is 11.9. The predicted octanol–water partition coefficient (Wildman–Crippen LogP) is 5.27. The number of carbonyl (C=O) groups is 1. The van der Waals surface area contributed by atoms with E-state index in [-0.39, 0.29) is 12.7 Å². The summed E-state index contributed by atoms with van der Waals surface area (Å²) in [5, 5.41) is 22.1. The summed E-state index contributed by atoms with van der Waals surface area (Å²) in [6, 6.07) is 14.0. The Morgan fingerprint density at radius 2 is 1.76 bits per heavy atom. The van der Waals surface area contributed by atoms with Gasteiger partial charge in [-0.1, -0.05) is 55.8 Å². The molecule has 180 valence electrons. The monoisotopic (exact) mass is 476 g/mol. The number of amides is 1. The van der Waals surface area contributed by atoms with Crippen LogP contribution in [0.1, 0.15) is 38.5 Å². The molecule has 0 radical (unpaired) electrons. The minimum absolute atomic E-state index is 0.0646. The normalized spacial score (nSPS) is 18.8. The molecule has 0 spiro atoms. The smallest absolute Gasteiger partial charge is 0.409 e. The Bertz CT molecular complexity index is 853. The fraction of sp³-hybridized carbons (Fsp3) is 0.480. The Morgan fingerprint density at radius 1 is 1.09 bits per heavy atom. The van der Waals surface area contributed by atoms with E-state index in [9.17, 15) is 9.90 Å². The van der Waals surface area contributed by atoms with Crippen LogP contribution in [-0.4, -0.2) is 59.7 Å². The number of aliphatic hydroxyl groups is 1. The van der Waals surface area contributed by atoms with Crippen LogP contribution in [0.2, 0.25) is 5.02 Å². The van der Waals surface area contributed by atoms with Gasteiger partial charge < -0.3 is 19.7 Å². The number of nitrogens with zero attached hydrogens (tertiary/aromatic N) is 1. The van der Waals surface area contributed by atoms with E-state index in [1.54, 1.807) is 36.4 Å². The average Bonchev–Trinajstić information content (AvgIpc) is 3.50. The van der Waals surface area contributed by atoms with Gasteiger partial charge in [0.15, 0.2) is 0 Å². The van der Waals surface area contributed by atoms with Crippen molar-refractivity contribution in [3.8, 4) is 11.5 Å². The number of halogens is 1. The molecule has 2 aliphatic rings. The van der Waals surface area contributed by atoms with Crippen molar-refractivity contribution in [2.75, 3.05) is 31.6 Å². The van der Waals surface area contributed by atoms with E-state index in [1.807, 2.05) is 12.1 Å². The van der Waals surface area contributed by atoms with Gasteiger partial charge in [-0.2, -0.15) is 0 Å². The van der Waals surface area contributed by atoms with Crippen LogP contribution in [0.3, 0.4) is 0 Å². The Labute approximate surface area is 200 Å². The van der Waals surface area contributed by atoms with E-state index in [1.165, 1.54) is 32.1 Å². The summed E-state index contributed by atoms with van der Waals surface area (Å²) in [5.74, 6) is 1.16. The standard InChI is InChI=1S/C20H23ClN2O5.C5H10/c21-14-5-7-16(8-6-14)28-17-9-10-23(12-17)11-15(24)13-27-19-4-2-1-3-18(19)22-20(25)26;1-2-4-5-3-1/h1-8,15,17,22,24H,9-13H2,(H,25,26);1-5H2. The fourth-order valence-electron chi connectivity index (χ4n) is 4.00. The summed E-state index contributed by atoms with van der Waals surface area (Å²) < 4.78 is 11.5. The summed E-state index contributed by atoms with van der Waals surface area (Å²) in [7, 11) is 0. The molecule has 1 heterocycles. The van der Waals surface area contributed by atoms with E-state index in [2.05, 4.69) is 10.2 Å². The second kappa shape index (κ2) is 13.3. The van der Waals surface area contributed by atoms with Crippen molar-refractivity contribution in [3.05, 3.63) is 53.6 Å². The number of hydrogen-bond acceptors (Lipinski definition) is 5. The molecule has 0 bridgehead atoms. The van der Waals surface area contributed by atoms with Gasteiger partial charge in [0.2, 0.25) is 0 Å². The first-order chi connectivity index (χ1) is 16.0. The van der Waals surface area contributed by atoms with Crippen LogP contribution < -0.4 is 14.8 Å². The molecule has 2 atom stereocenters. The van der Waals surface area contributed by atoms with Crippen LogP contribution in [-0.2, 0) is 0 Å². The maximum absolute atomic E-state index is 10.8. The van der Waals surface area contributed by atoms with Crippen molar-refractivity contribution in [2.45, 2.75) is 50.7 Å². The highest BCUT2D eigenvalue weighted by molar-refractivity contribution is 6.30. The number of ether oxygens (including phenoxy) is 2. The number of nitrogens with one attached hydrogen (secondary N) is 1. The summed E-state index contributed by atoms with van der Waals surface area (Å²) in [6.45, 7) is 2.07. The Hall–Kier alpha value is -2.48. The summed E-state index contributed by atoms with van der Waals surface area (Å²) >= 11 is 5.88. The topological polar surface area (TPSA) is 91.3 Å². The van der Waals surface area contributed by atoms with Gasteiger partial charge in [-0.15, -0.1) is 0 Å². The van der Waals surface area contributed by atoms with Gasteiger partial charge in [-0.05, 0) is 42.8 Å². The molecule has 1 saturated carbocycles. The van der Waals surface area contributed by atoms with E-state index in [4.69, 9.17) is 26.2 Å². The van der Waals surface area contributed by atoms with Crippen molar-refractivity contribution < 1.29 is 24.5 Å². The number of para-hydroxylation sites is 2. The lowest BCUT2D eigenvalue weighted by molar-refractivity contribution is 0.0722. The van der Waals surface area contributed by atoms with Crippen LogP contribution in [0.25, 0.3) is 0 Å².